The molecule has 0 saturated carbocycles. The summed E-state index contributed by atoms with van der Waals surface area (Å²) in [7, 11) is 1.31. The molecule has 0 aliphatic carbocycles. The van der Waals surface area contributed by atoms with Crippen LogP contribution < -0.4 is 4.74 Å². The Morgan fingerprint density at radius 2 is 2.12 bits per heavy atom. The van der Waals surface area contributed by atoms with E-state index in [2.05, 4.69) is 25.4 Å². The number of benzene rings is 1. The summed E-state index contributed by atoms with van der Waals surface area (Å²) in [6.07, 6.45) is 0. The van der Waals surface area contributed by atoms with Gasteiger partial charge in [0.25, 0.3) is 0 Å². The molecule has 0 aliphatic heterocycles. The van der Waals surface area contributed by atoms with E-state index in [0.29, 0.717) is 11.6 Å². The molecule has 17 heavy (non-hydrogen) atoms. The summed E-state index contributed by atoms with van der Waals surface area (Å²) >= 11 is 0. The van der Waals surface area contributed by atoms with Crippen molar-refractivity contribution in [3.8, 4) is 17.1 Å². The quantitative estimate of drug-likeness (QED) is 0.771. The monoisotopic (exact) mass is 234 g/mol. The van der Waals surface area contributed by atoms with Gasteiger partial charge < -0.3 is 9.47 Å². The molecule has 7 heteroatoms. The first-order chi connectivity index (χ1) is 8.29. The third-order valence-corrected chi connectivity index (χ3v) is 2.04. The van der Waals surface area contributed by atoms with E-state index in [1.54, 1.807) is 24.3 Å². The van der Waals surface area contributed by atoms with E-state index >= 15 is 0 Å². The number of aromatic amines is 1. The second kappa shape index (κ2) is 5.06. The van der Waals surface area contributed by atoms with Crippen LogP contribution in [-0.2, 0) is 9.53 Å². The highest BCUT2D eigenvalue weighted by molar-refractivity contribution is 5.70. The molecule has 1 N–H and O–H groups in total. The molecule has 2 aromatic rings. The molecule has 0 bridgehead atoms. The normalized spacial score (nSPS) is 9.94. The number of nitrogens with one attached hydrogen (secondary N) is 1. The number of nitrogens with zero attached hydrogens (tertiary/aromatic N) is 3. The van der Waals surface area contributed by atoms with E-state index < -0.39 is 5.97 Å². The zero-order chi connectivity index (χ0) is 12.1. The lowest BCUT2D eigenvalue weighted by atomic mass is 10.2. The number of methoxy groups -OCH3 is 1. The highest BCUT2D eigenvalue weighted by Crippen LogP contribution is 2.18. The molecular formula is C10H10N4O3. The fourth-order valence-corrected chi connectivity index (χ4v) is 1.19. The molecular weight excluding hydrogens is 224 g/mol. The molecule has 1 aromatic heterocycles. The Bertz CT molecular complexity index is 481. The van der Waals surface area contributed by atoms with Gasteiger partial charge in [0, 0.05) is 5.56 Å². The van der Waals surface area contributed by atoms with Crippen molar-refractivity contribution in [2.45, 2.75) is 0 Å². The summed E-state index contributed by atoms with van der Waals surface area (Å²) in [6, 6.07) is 6.98. The van der Waals surface area contributed by atoms with Gasteiger partial charge in [-0.15, -0.1) is 10.2 Å². The summed E-state index contributed by atoms with van der Waals surface area (Å²) in [5, 5.41) is 13.5. The Balaban J connectivity index is 2.01. The number of H-pyrrole nitrogens is 1. The van der Waals surface area contributed by atoms with Crippen molar-refractivity contribution in [1.82, 2.24) is 20.6 Å². The minimum atomic E-state index is -0.424. The maximum atomic E-state index is 10.9. The third-order valence-electron chi connectivity index (χ3n) is 2.04. The van der Waals surface area contributed by atoms with Gasteiger partial charge in [-0.05, 0) is 29.5 Å². The molecule has 0 amide bonds. The average molecular weight is 234 g/mol. The van der Waals surface area contributed by atoms with Gasteiger partial charge in [0.05, 0.1) is 7.11 Å². The molecule has 0 saturated heterocycles. The maximum Gasteiger partial charge on any atom is 0.343 e. The zero-order valence-electron chi connectivity index (χ0n) is 9.08. The summed E-state index contributed by atoms with van der Waals surface area (Å²) in [5.74, 6) is 0.652. The van der Waals surface area contributed by atoms with E-state index in [4.69, 9.17) is 4.74 Å². The van der Waals surface area contributed by atoms with Crippen molar-refractivity contribution < 1.29 is 14.3 Å². The van der Waals surface area contributed by atoms with E-state index in [1.165, 1.54) is 7.11 Å². The Kier molecular flexibility index (Phi) is 3.29. The van der Waals surface area contributed by atoms with Crippen LogP contribution in [0.4, 0.5) is 0 Å². The van der Waals surface area contributed by atoms with Crippen LogP contribution in [-0.4, -0.2) is 40.3 Å². The van der Waals surface area contributed by atoms with Crippen LogP contribution in [0, 0.1) is 0 Å². The van der Waals surface area contributed by atoms with E-state index in [9.17, 15) is 4.79 Å². The smallest absolute Gasteiger partial charge is 0.343 e. The third kappa shape index (κ3) is 2.77. The molecule has 0 radical (unpaired) electrons. The topological polar surface area (TPSA) is 90.0 Å². The van der Waals surface area contributed by atoms with Gasteiger partial charge in [-0.1, -0.05) is 0 Å². The highest BCUT2D eigenvalue weighted by atomic mass is 16.6. The van der Waals surface area contributed by atoms with Gasteiger partial charge in [0.1, 0.15) is 5.75 Å². The molecule has 0 unspecified atom stereocenters. The van der Waals surface area contributed by atoms with Gasteiger partial charge in [0.15, 0.2) is 6.61 Å². The van der Waals surface area contributed by atoms with E-state index in [0.717, 1.165) is 5.56 Å². The zero-order valence-corrected chi connectivity index (χ0v) is 9.08. The number of carbonyl (C=O) groups is 1. The Hall–Kier alpha value is -2.44. The van der Waals surface area contributed by atoms with Crippen molar-refractivity contribution in [3.63, 3.8) is 0 Å². The van der Waals surface area contributed by atoms with E-state index in [-0.39, 0.29) is 6.61 Å². The van der Waals surface area contributed by atoms with E-state index in [1.807, 2.05) is 0 Å². The molecule has 2 rings (SSSR count). The molecule has 0 atom stereocenters. The number of esters is 1. The standard InChI is InChI=1S/C10H10N4O3/c1-16-9(15)6-17-8-4-2-7(3-5-8)10-11-13-14-12-10/h2-5H,6H2,1H3,(H,11,12,13,14). The fraction of sp³-hybridized carbons (Fsp3) is 0.200. The number of aromatic nitrogens is 4. The van der Waals surface area contributed by atoms with Crippen molar-refractivity contribution >= 4 is 5.97 Å². The number of rotatable bonds is 4. The second-order valence-electron chi connectivity index (χ2n) is 3.12. The predicted octanol–water partition coefficient (Wildman–Crippen LogP) is 0.418. The maximum absolute atomic E-state index is 10.9. The van der Waals surface area contributed by atoms with Crippen LogP contribution in [0.2, 0.25) is 0 Å². The van der Waals surface area contributed by atoms with Gasteiger partial charge in [0.2, 0.25) is 5.82 Å². The first-order valence-electron chi connectivity index (χ1n) is 4.83. The minimum Gasteiger partial charge on any atom is -0.482 e. The number of tetrazole rings is 1. The SMILES string of the molecule is COC(=O)COc1ccc(-c2nn[nH]n2)cc1. The first-order valence-corrected chi connectivity index (χ1v) is 4.83. The Morgan fingerprint density at radius 1 is 1.35 bits per heavy atom. The molecule has 0 aliphatic rings. The van der Waals surface area contributed by atoms with Gasteiger partial charge in [-0.3, -0.25) is 0 Å². The molecule has 0 spiro atoms. The van der Waals surface area contributed by atoms with Gasteiger partial charge in [-0.25, -0.2) is 4.79 Å². The number of carbonyl (C=O) groups excluding carboxylic acids is 1. The Labute approximate surface area is 96.7 Å². The van der Waals surface area contributed by atoms with Crippen LogP contribution >= 0.6 is 0 Å². The number of hydrogen-bond donors (Lipinski definition) is 1. The summed E-state index contributed by atoms with van der Waals surface area (Å²) in [6.45, 7) is -0.113. The first kappa shape index (κ1) is 11.1. The van der Waals surface area contributed by atoms with Crippen LogP contribution in [0.5, 0.6) is 5.75 Å². The number of ether oxygens (including phenoxy) is 2. The molecule has 7 nitrogen and oxygen atoms in total. The largest absolute Gasteiger partial charge is 0.482 e. The van der Waals surface area contributed by atoms with Crippen LogP contribution in [0.1, 0.15) is 0 Å². The summed E-state index contributed by atoms with van der Waals surface area (Å²) in [4.78, 5) is 10.9. The lowest BCUT2D eigenvalue weighted by Gasteiger charge is -2.04. The fourth-order valence-electron chi connectivity index (χ4n) is 1.19. The minimum absolute atomic E-state index is 0.113. The van der Waals surface area contributed by atoms with Crippen LogP contribution in [0.25, 0.3) is 11.4 Å². The number of hydrogen-bond acceptors (Lipinski definition) is 6. The van der Waals surface area contributed by atoms with Crippen molar-refractivity contribution in [3.05, 3.63) is 24.3 Å². The predicted molar refractivity (Wildman–Crippen MR) is 57.1 cm³/mol. The summed E-state index contributed by atoms with van der Waals surface area (Å²) in [5.41, 5.74) is 0.809. The van der Waals surface area contributed by atoms with Gasteiger partial charge in [-0.2, -0.15) is 5.21 Å². The molecule has 1 aromatic carbocycles. The average Bonchev–Trinajstić information content (AvgIpc) is 2.90. The van der Waals surface area contributed by atoms with Crippen molar-refractivity contribution in [1.29, 1.82) is 0 Å². The van der Waals surface area contributed by atoms with Crippen molar-refractivity contribution in [2.75, 3.05) is 13.7 Å². The van der Waals surface area contributed by atoms with Crippen LogP contribution in [0.3, 0.4) is 0 Å². The molecule has 1 heterocycles. The van der Waals surface area contributed by atoms with Crippen molar-refractivity contribution in [2.24, 2.45) is 0 Å². The lowest BCUT2D eigenvalue weighted by molar-refractivity contribution is -0.142. The molecule has 0 fully saturated rings. The molecule has 88 valence electrons. The van der Waals surface area contributed by atoms with Crippen LogP contribution in [0.15, 0.2) is 24.3 Å². The second-order valence-corrected chi connectivity index (χ2v) is 3.12. The summed E-state index contributed by atoms with van der Waals surface area (Å²) < 4.78 is 9.65. The highest BCUT2D eigenvalue weighted by Gasteiger charge is 2.04. The lowest BCUT2D eigenvalue weighted by Crippen LogP contribution is -2.12. The van der Waals surface area contributed by atoms with Gasteiger partial charge >= 0.3 is 5.97 Å². The Morgan fingerprint density at radius 3 is 2.71 bits per heavy atom.